The molecule has 23 heavy (non-hydrogen) atoms. The molecule has 3 aromatic rings. The Labute approximate surface area is 135 Å². The molecule has 3 rings (SSSR count). The molecule has 0 fully saturated rings. The number of fused-ring (bicyclic) bond motifs is 1. The quantitative estimate of drug-likeness (QED) is 0.799. The molecule has 0 spiro atoms. The summed E-state index contributed by atoms with van der Waals surface area (Å²) in [5, 5.41) is 0.806. The van der Waals surface area contributed by atoms with Crippen LogP contribution < -0.4 is 20.7 Å². The monoisotopic (exact) mass is 332 g/mol. The number of ether oxygens (including phenoxy) is 2. The standard InChI is InChI=1S/C16H13ClN2O4/c1-22-13-6-4-10(8-14(13)23-2)19-15(20)11-5-3-9(17)7-12(11)18-16(19)21/h3-8H,1-2H3,(H,18,21). The molecule has 0 radical (unpaired) electrons. The molecule has 2 aromatic carbocycles. The van der Waals surface area contributed by atoms with E-state index in [0.717, 1.165) is 4.57 Å². The van der Waals surface area contributed by atoms with Gasteiger partial charge in [-0.25, -0.2) is 9.36 Å². The summed E-state index contributed by atoms with van der Waals surface area (Å²) in [6.45, 7) is 0. The number of nitrogens with one attached hydrogen (secondary N) is 1. The van der Waals surface area contributed by atoms with Gasteiger partial charge in [0.05, 0.1) is 30.8 Å². The Morgan fingerprint density at radius 2 is 1.74 bits per heavy atom. The fraction of sp³-hybridized carbons (Fsp3) is 0.125. The summed E-state index contributed by atoms with van der Waals surface area (Å²) in [7, 11) is 2.99. The average molecular weight is 333 g/mol. The first-order chi connectivity index (χ1) is 11.0. The van der Waals surface area contributed by atoms with Gasteiger partial charge in [0.2, 0.25) is 0 Å². The molecule has 0 unspecified atom stereocenters. The number of halogens is 1. The summed E-state index contributed by atoms with van der Waals surface area (Å²) in [6, 6.07) is 9.53. The van der Waals surface area contributed by atoms with Crippen LogP contribution in [0.3, 0.4) is 0 Å². The SMILES string of the molecule is COc1ccc(-n2c(=O)[nH]c3cc(Cl)ccc3c2=O)cc1OC. The molecule has 0 bridgehead atoms. The summed E-state index contributed by atoms with van der Waals surface area (Å²) in [4.78, 5) is 27.6. The molecule has 1 aromatic heterocycles. The number of hydrogen-bond donors (Lipinski definition) is 1. The number of hydrogen-bond acceptors (Lipinski definition) is 4. The second-order valence-corrected chi connectivity index (χ2v) is 5.24. The number of methoxy groups -OCH3 is 2. The lowest BCUT2D eigenvalue weighted by atomic mass is 10.2. The maximum Gasteiger partial charge on any atom is 0.333 e. The lowest BCUT2D eigenvalue weighted by Crippen LogP contribution is -2.33. The van der Waals surface area contributed by atoms with E-state index in [1.165, 1.54) is 14.2 Å². The van der Waals surface area contributed by atoms with Crippen LogP contribution in [-0.2, 0) is 0 Å². The van der Waals surface area contributed by atoms with E-state index in [1.807, 2.05) is 0 Å². The predicted molar refractivity (Wildman–Crippen MR) is 88.3 cm³/mol. The van der Waals surface area contributed by atoms with Crippen LogP contribution in [0, 0.1) is 0 Å². The Morgan fingerprint density at radius 1 is 1.00 bits per heavy atom. The molecule has 0 atom stereocenters. The number of aromatic amines is 1. The number of benzene rings is 2. The van der Waals surface area contributed by atoms with Crippen molar-refractivity contribution in [3.63, 3.8) is 0 Å². The summed E-state index contributed by atoms with van der Waals surface area (Å²) < 4.78 is 11.4. The fourth-order valence-corrected chi connectivity index (χ4v) is 2.56. The van der Waals surface area contributed by atoms with E-state index in [9.17, 15) is 9.59 Å². The van der Waals surface area contributed by atoms with E-state index in [1.54, 1.807) is 36.4 Å². The van der Waals surface area contributed by atoms with Crippen molar-refractivity contribution in [2.45, 2.75) is 0 Å². The molecule has 7 heteroatoms. The van der Waals surface area contributed by atoms with Crippen LogP contribution in [0.1, 0.15) is 0 Å². The van der Waals surface area contributed by atoms with Gasteiger partial charge in [-0.1, -0.05) is 11.6 Å². The van der Waals surface area contributed by atoms with Gasteiger partial charge in [-0.3, -0.25) is 4.79 Å². The number of aromatic nitrogens is 2. The maximum atomic E-state index is 12.6. The van der Waals surface area contributed by atoms with Crippen molar-refractivity contribution >= 4 is 22.5 Å². The molecule has 0 aliphatic rings. The smallest absolute Gasteiger partial charge is 0.333 e. The van der Waals surface area contributed by atoms with E-state index in [2.05, 4.69) is 4.98 Å². The maximum absolute atomic E-state index is 12.6. The molecule has 0 aliphatic carbocycles. The normalized spacial score (nSPS) is 10.7. The van der Waals surface area contributed by atoms with Crippen molar-refractivity contribution in [2.75, 3.05) is 14.2 Å². The van der Waals surface area contributed by atoms with Gasteiger partial charge in [-0.2, -0.15) is 0 Å². The Kier molecular flexibility index (Phi) is 3.83. The first kappa shape index (κ1) is 15.2. The highest BCUT2D eigenvalue weighted by atomic mass is 35.5. The Morgan fingerprint density at radius 3 is 2.43 bits per heavy atom. The van der Waals surface area contributed by atoms with Gasteiger partial charge in [0, 0.05) is 11.1 Å². The molecule has 1 N–H and O–H groups in total. The van der Waals surface area contributed by atoms with Crippen molar-refractivity contribution in [3.05, 3.63) is 62.3 Å². The highest BCUT2D eigenvalue weighted by Crippen LogP contribution is 2.28. The first-order valence-corrected chi connectivity index (χ1v) is 7.10. The van der Waals surface area contributed by atoms with Gasteiger partial charge in [-0.05, 0) is 30.3 Å². The van der Waals surface area contributed by atoms with Crippen LogP contribution in [0.2, 0.25) is 5.02 Å². The topological polar surface area (TPSA) is 73.3 Å². The van der Waals surface area contributed by atoms with Crippen LogP contribution in [0.4, 0.5) is 0 Å². The van der Waals surface area contributed by atoms with Gasteiger partial charge >= 0.3 is 5.69 Å². The van der Waals surface area contributed by atoms with Crippen molar-refractivity contribution in [1.82, 2.24) is 9.55 Å². The summed E-state index contributed by atoms with van der Waals surface area (Å²) in [6.07, 6.45) is 0. The molecule has 1 heterocycles. The lowest BCUT2D eigenvalue weighted by Gasteiger charge is -2.11. The largest absolute Gasteiger partial charge is 0.493 e. The van der Waals surface area contributed by atoms with E-state index >= 15 is 0 Å². The summed E-state index contributed by atoms with van der Waals surface area (Å²) >= 11 is 5.89. The number of nitrogens with zero attached hydrogens (tertiary/aromatic N) is 1. The zero-order chi connectivity index (χ0) is 16.6. The molecule has 118 valence electrons. The lowest BCUT2D eigenvalue weighted by molar-refractivity contribution is 0.355. The molecular formula is C16H13ClN2O4. The molecule has 0 saturated heterocycles. The second kappa shape index (κ2) is 5.81. The number of rotatable bonds is 3. The van der Waals surface area contributed by atoms with Gasteiger partial charge in [0.25, 0.3) is 5.56 Å². The zero-order valence-electron chi connectivity index (χ0n) is 12.4. The zero-order valence-corrected chi connectivity index (χ0v) is 13.2. The van der Waals surface area contributed by atoms with Gasteiger partial charge in [0.15, 0.2) is 11.5 Å². The molecule has 0 saturated carbocycles. The minimum Gasteiger partial charge on any atom is -0.493 e. The third-order valence-corrected chi connectivity index (χ3v) is 3.72. The number of H-pyrrole nitrogens is 1. The average Bonchev–Trinajstić information content (AvgIpc) is 2.54. The van der Waals surface area contributed by atoms with E-state index in [-0.39, 0.29) is 0 Å². The third-order valence-electron chi connectivity index (χ3n) is 3.49. The highest BCUT2D eigenvalue weighted by Gasteiger charge is 2.12. The van der Waals surface area contributed by atoms with Crippen molar-refractivity contribution in [2.24, 2.45) is 0 Å². The molecule has 0 amide bonds. The second-order valence-electron chi connectivity index (χ2n) is 4.80. The van der Waals surface area contributed by atoms with Crippen molar-refractivity contribution in [3.8, 4) is 17.2 Å². The van der Waals surface area contributed by atoms with E-state index in [4.69, 9.17) is 21.1 Å². The highest BCUT2D eigenvalue weighted by molar-refractivity contribution is 6.31. The summed E-state index contributed by atoms with van der Waals surface area (Å²) in [5.41, 5.74) is -0.223. The van der Waals surface area contributed by atoms with Crippen LogP contribution in [-0.4, -0.2) is 23.8 Å². The van der Waals surface area contributed by atoms with E-state index < -0.39 is 11.2 Å². The van der Waals surface area contributed by atoms with Crippen LogP contribution in [0.5, 0.6) is 11.5 Å². The molecular weight excluding hydrogens is 320 g/mol. The van der Waals surface area contributed by atoms with Gasteiger partial charge < -0.3 is 14.5 Å². The predicted octanol–water partition coefficient (Wildman–Crippen LogP) is 2.35. The minimum absolute atomic E-state index is 0.365. The van der Waals surface area contributed by atoms with Gasteiger partial charge in [0.1, 0.15) is 0 Å². The van der Waals surface area contributed by atoms with Crippen LogP contribution >= 0.6 is 11.6 Å². The van der Waals surface area contributed by atoms with Crippen molar-refractivity contribution in [1.29, 1.82) is 0 Å². The third kappa shape index (κ3) is 2.57. The van der Waals surface area contributed by atoms with Crippen LogP contribution in [0.25, 0.3) is 16.6 Å². The first-order valence-electron chi connectivity index (χ1n) is 6.72. The Bertz CT molecular complexity index is 1010. The van der Waals surface area contributed by atoms with Crippen LogP contribution in [0.15, 0.2) is 46.0 Å². The Hall–Kier alpha value is -2.73. The molecule has 0 aliphatic heterocycles. The Balaban J connectivity index is 2.30. The van der Waals surface area contributed by atoms with Gasteiger partial charge in [-0.15, -0.1) is 0 Å². The van der Waals surface area contributed by atoms with Crippen molar-refractivity contribution < 1.29 is 9.47 Å². The minimum atomic E-state index is -0.558. The fourth-order valence-electron chi connectivity index (χ4n) is 2.39. The summed E-state index contributed by atoms with van der Waals surface area (Å²) in [5.74, 6) is 0.931. The molecule has 6 nitrogen and oxygen atoms in total. The van der Waals surface area contributed by atoms with E-state index in [0.29, 0.717) is 33.1 Å².